The van der Waals surface area contributed by atoms with Crippen molar-refractivity contribution in [2.75, 3.05) is 0 Å². The van der Waals surface area contributed by atoms with Crippen molar-refractivity contribution in [1.29, 1.82) is 0 Å². The Morgan fingerprint density at radius 3 is 2.29 bits per heavy atom. The van der Waals surface area contributed by atoms with Crippen LogP contribution < -0.4 is 4.74 Å². The van der Waals surface area contributed by atoms with E-state index in [2.05, 4.69) is 0 Å². The third-order valence-electron chi connectivity index (χ3n) is 5.13. The molecule has 1 heterocycles. The van der Waals surface area contributed by atoms with Gasteiger partial charge in [-0.25, -0.2) is 4.79 Å². The Morgan fingerprint density at radius 2 is 1.61 bits per heavy atom. The summed E-state index contributed by atoms with van der Waals surface area (Å²) in [5.74, 6) is 0.559. The van der Waals surface area contributed by atoms with Crippen molar-refractivity contribution in [3.8, 4) is 11.5 Å². The lowest BCUT2D eigenvalue weighted by molar-refractivity contribution is -0.146. The number of nitrogens with zero attached hydrogens (tertiary/aromatic N) is 1. The minimum absolute atomic E-state index is 0.134. The molecule has 5 heteroatoms. The first-order valence-corrected chi connectivity index (χ1v) is 9.82. The molecule has 1 amide bonds. The molecule has 0 saturated carbocycles. The predicted octanol–water partition coefficient (Wildman–Crippen LogP) is 4.81. The second kappa shape index (κ2) is 8.91. The summed E-state index contributed by atoms with van der Waals surface area (Å²) in [6, 6.07) is 16.5. The van der Waals surface area contributed by atoms with Gasteiger partial charge in [0, 0.05) is 12.1 Å². The molecule has 28 heavy (non-hydrogen) atoms. The minimum atomic E-state index is -0.825. The summed E-state index contributed by atoms with van der Waals surface area (Å²) in [4.78, 5) is 27.2. The average Bonchev–Trinajstić information content (AvgIpc) is 2.68. The lowest BCUT2D eigenvalue weighted by Gasteiger charge is -2.40. The van der Waals surface area contributed by atoms with Crippen molar-refractivity contribution in [3.63, 3.8) is 0 Å². The molecule has 148 valence electrons. The SMILES string of the molecule is C[C@@H]1CCC[C@H](C)N1C(=O)[C@@H](C)OC(=O)c1cccc(Oc2ccccc2)c1. The fourth-order valence-electron chi connectivity index (χ4n) is 3.66. The van der Waals surface area contributed by atoms with E-state index in [-0.39, 0.29) is 18.0 Å². The molecule has 0 unspecified atom stereocenters. The Bertz CT molecular complexity index is 810. The summed E-state index contributed by atoms with van der Waals surface area (Å²) in [5.41, 5.74) is 0.354. The number of amides is 1. The summed E-state index contributed by atoms with van der Waals surface area (Å²) in [6.45, 7) is 5.73. The van der Waals surface area contributed by atoms with Crippen molar-refractivity contribution in [2.24, 2.45) is 0 Å². The molecule has 0 aliphatic carbocycles. The fourth-order valence-corrected chi connectivity index (χ4v) is 3.66. The molecule has 0 radical (unpaired) electrons. The Hall–Kier alpha value is -2.82. The number of hydrogen-bond acceptors (Lipinski definition) is 4. The topological polar surface area (TPSA) is 55.8 Å². The maximum Gasteiger partial charge on any atom is 0.339 e. The van der Waals surface area contributed by atoms with Crippen molar-refractivity contribution in [3.05, 3.63) is 60.2 Å². The number of carbonyl (C=O) groups is 2. The fraction of sp³-hybridized carbons (Fsp3) is 0.391. The number of rotatable bonds is 5. The molecular weight excluding hydrogens is 354 g/mol. The van der Waals surface area contributed by atoms with Gasteiger partial charge < -0.3 is 14.4 Å². The lowest BCUT2D eigenvalue weighted by Crippen LogP contribution is -2.51. The van der Waals surface area contributed by atoms with E-state index in [0.717, 1.165) is 19.3 Å². The molecule has 0 spiro atoms. The summed E-state index contributed by atoms with van der Waals surface area (Å²) >= 11 is 0. The van der Waals surface area contributed by atoms with Crippen LogP contribution in [0.15, 0.2) is 54.6 Å². The van der Waals surface area contributed by atoms with Gasteiger partial charge in [0.25, 0.3) is 5.91 Å². The van der Waals surface area contributed by atoms with Gasteiger partial charge in [0.05, 0.1) is 5.56 Å². The van der Waals surface area contributed by atoms with Gasteiger partial charge in [-0.05, 0) is 70.4 Å². The van der Waals surface area contributed by atoms with E-state index < -0.39 is 12.1 Å². The molecule has 1 aliphatic heterocycles. The largest absolute Gasteiger partial charge is 0.457 e. The zero-order chi connectivity index (χ0) is 20.1. The maximum absolute atomic E-state index is 12.8. The average molecular weight is 381 g/mol. The molecule has 0 bridgehead atoms. The molecule has 2 aromatic rings. The maximum atomic E-state index is 12.8. The van der Waals surface area contributed by atoms with Gasteiger partial charge in [-0.15, -0.1) is 0 Å². The highest BCUT2D eigenvalue weighted by Gasteiger charge is 2.33. The predicted molar refractivity (Wildman–Crippen MR) is 107 cm³/mol. The summed E-state index contributed by atoms with van der Waals surface area (Å²) in [6.07, 6.45) is 2.26. The first kappa shape index (κ1) is 19.9. The van der Waals surface area contributed by atoms with Crippen LogP contribution in [0, 0.1) is 0 Å². The third-order valence-corrected chi connectivity index (χ3v) is 5.13. The molecule has 1 fully saturated rings. The van der Waals surface area contributed by atoms with E-state index in [1.54, 1.807) is 31.2 Å². The zero-order valence-corrected chi connectivity index (χ0v) is 16.6. The smallest absolute Gasteiger partial charge is 0.339 e. The molecular formula is C23H27NO4. The highest BCUT2D eigenvalue weighted by atomic mass is 16.5. The number of esters is 1. The van der Waals surface area contributed by atoms with E-state index >= 15 is 0 Å². The van der Waals surface area contributed by atoms with Crippen LogP contribution in [-0.2, 0) is 9.53 Å². The number of benzene rings is 2. The Balaban J connectivity index is 1.65. The second-order valence-electron chi connectivity index (χ2n) is 7.36. The van der Waals surface area contributed by atoms with Gasteiger partial charge in [0.2, 0.25) is 0 Å². The number of piperidine rings is 1. The van der Waals surface area contributed by atoms with E-state index in [4.69, 9.17) is 9.47 Å². The molecule has 0 N–H and O–H groups in total. The van der Waals surface area contributed by atoms with Crippen LogP contribution in [0.4, 0.5) is 0 Å². The van der Waals surface area contributed by atoms with E-state index in [0.29, 0.717) is 17.1 Å². The van der Waals surface area contributed by atoms with E-state index in [1.165, 1.54) is 0 Å². The van der Waals surface area contributed by atoms with Gasteiger partial charge in [-0.3, -0.25) is 4.79 Å². The van der Waals surface area contributed by atoms with Gasteiger partial charge in [0.15, 0.2) is 6.10 Å². The number of carbonyl (C=O) groups excluding carboxylic acids is 2. The van der Waals surface area contributed by atoms with Crippen LogP contribution in [0.2, 0.25) is 0 Å². The summed E-state index contributed by atoms with van der Waals surface area (Å²) in [7, 11) is 0. The van der Waals surface area contributed by atoms with Gasteiger partial charge in [-0.1, -0.05) is 24.3 Å². The summed E-state index contributed by atoms with van der Waals surface area (Å²) < 4.78 is 11.2. The lowest BCUT2D eigenvalue weighted by atomic mass is 9.97. The number of para-hydroxylation sites is 1. The first-order valence-electron chi connectivity index (χ1n) is 9.82. The number of ether oxygens (including phenoxy) is 2. The Kier molecular flexibility index (Phi) is 6.34. The Labute approximate surface area is 166 Å². The van der Waals surface area contributed by atoms with E-state index in [9.17, 15) is 9.59 Å². The standard InChI is InChI=1S/C23H27NO4/c1-16-9-7-10-17(2)24(16)22(25)18(3)27-23(26)19-11-8-14-21(15-19)28-20-12-5-4-6-13-20/h4-6,8,11-18H,7,9-10H2,1-3H3/t16-,17+,18-/m1/s1. The normalized spacial score (nSPS) is 20.3. The van der Waals surface area contributed by atoms with Gasteiger partial charge >= 0.3 is 5.97 Å². The molecule has 5 nitrogen and oxygen atoms in total. The molecule has 3 rings (SSSR count). The van der Waals surface area contributed by atoms with Crippen molar-refractivity contribution in [2.45, 2.75) is 58.2 Å². The van der Waals surface area contributed by atoms with Gasteiger partial charge in [-0.2, -0.15) is 0 Å². The van der Waals surface area contributed by atoms with Crippen molar-refractivity contribution in [1.82, 2.24) is 4.90 Å². The van der Waals surface area contributed by atoms with Crippen molar-refractivity contribution < 1.29 is 19.1 Å². The van der Waals surface area contributed by atoms with Crippen LogP contribution in [0.25, 0.3) is 0 Å². The third kappa shape index (κ3) is 4.71. The number of likely N-dealkylation sites (tertiary alicyclic amines) is 1. The highest BCUT2D eigenvalue weighted by molar-refractivity contribution is 5.92. The van der Waals surface area contributed by atoms with Crippen LogP contribution in [0.1, 0.15) is 50.4 Å². The molecule has 0 aromatic heterocycles. The molecule has 1 saturated heterocycles. The van der Waals surface area contributed by atoms with E-state index in [1.807, 2.05) is 49.1 Å². The zero-order valence-electron chi connectivity index (χ0n) is 16.6. The summed E-state index contributed by atoms with van der Waals surface area (Å²) in [5, 5.41) is 0. The van der Waals surface area contributed by atoms with Crippen LogP contribution in [0.3, 0.4) is 0 Å². The van der Waals surface area contributed by atoms with Crippen LogP contribution in [-0.4, -0.2) is 35.0 Å². The van der Waals surface area contributed by atoms with Gasteiger partial charge in [0.1, 0.15) is 11.5 Å². The van der Waals surface area contributed by atoms with Crippen molar-refractivity contribution >= 4 is 11.9 Å². The first-order chi connectivity index (χ1) is 13.5. The quantitative estimate of drug-likeness (QED) is 0.697. The molecule has 1 aliphatic rings. The Morgan fingerprint density at radius 1 is 0.964 bits per heavy atom. The molecule has 3 atom stereocenters. The van der Waals surface area contributed by atoms with Crippen LogP contribution >= 0.6 is 0 Å². The second-order valence-corrected chi connectivity index (χ2v) is 7.36. The van der Waals surface area contributed by atoms with Crippen LogP contribution in [0.5, 0.6) is 11.5 Å². The highest BCUT2D eigenvalue weighted by Crippen LogP contribution is 2.25. The number of hydrogen-bond donors (Lipinski definition) is 0. The minimum Gasteiger partial charge on any atom is -0.457 e. The monoisotopic (exact) mass is 381 g/mol. The molecule has 2 aromatic carbocycles.